The van der Waals surface area contributed by atoms with Crippen molar-refractivity contribution in [2.45, 2.75) is 32.6 Å². The Bertz CT molecular complexity index is 756. The number of unbranched alkanes of at least 4 members (excludes halogenated alkanes) is 3. The van der Waals surface area contributed by atoms with Crippen LogP contribution in [-0.4, -0.2) is 16.6 Å². The third kappa shape index (κ3) is 5.29. The maximum Gasteiger partial charge on any atom is 0.187 e. The third-order valence-corrected chi connectivity index (χ3v) is 4.59. The van der Waals surface area contributed by atoms with E-state index in [1.807, 2.05) is 48.0 Å². The van der Waals surface area contributed by atoms with Crippen LogP contribution in [0.5, 0.6) is 5.75 Å². The topological polar surface area (TPSA) is 47.0 Å². The van der Waals surface area contributed by atoms with Crippen LogP contribution in [-0.2, 0) is 0 Å². The molecule has 0 bridgehead atoms. The summed E-state index contributed by atoms with van der Waals surface area (Å²) < 4.78 is 5.77. The number of nitrogens with one attached hydrogen (secondary N) is 1. The Balaban J connectivity index is 1.52. The van der Waals surface area contributed by atoms with Gasteiger partial charge in [0, 0.05) is 29.0 Å². The number of anilines is 2. The van der Waals surface area contributed by atoms with Crippen LogP contribution >= 0.6 is 11.3 Å². The fourth-order valence-electron chi connectivity index (χ4n) is 2.45. The Hall–Kier alpha value is -2.40. The molecule has 3 aromatic rings. The summed E-state index contributed by atoms with van der Waals surface area (Å²) in [5.41, 5.74) is 2.97. The van der Waals surface area contributed by atoms with Gasteiger partial charge in [0.05, 0.1) is 12.3 Å². The van der Waals surface area contributed by atoms with Gasteiger partial charge in [0.25, 0.3) is 0 Å². The second-order valence-corrected chi connectivity index (χ2v) is 6.70. The van der Waals surface area contributed by atoms with Crippen LogP contribution in [0.25, 0.3) is 11.3 Å². The largest absolute Gasteiger partial charge is 0.494 e. The predicted molar refractivity (Wildman–Crippen MR) is 105 cm³/mol. The fourth-order valence-corrected chi connectivity index (χ4v) is 3.19. The van der Waals surface area contributed by atoms with Crippen molar-refractivity contribution in [3.05, 3.63) is 54.2 Å². The van der Waals surface area contributed by atoms with E-state index in [1.54, 1.807) is 17.5 Å². The minimum absolute atomic E-state index is 0.785. The van der Waals surface area contributed by atoms with Gasteiger partial charge in [0.15, 0.2) is 5.13 Å². The van der Waals surface area contributed by atoms with Crippen LogP contribution in [0.15, 0.2) is 54.2 Å². The van der Waals surface area contributed by atoms with Gasteiger partial charge in [-0.3, -0.25) is 4.98 Å². The second-order valence-electron chi connectivity index (χ2n) is 5.84. The van der Waals surface area contributed by atoms with Gasteiger partial charge in [-0.2, -0.15) is 0 Å². The number of nitrogens with zero attached hydrogens (tertiary/aromatic N) is 2. The number of ether oxygens (including phenoxy) is 1. The Morgan fingerprint density at radius 1 is 1.08 bits per heavy atom. The molecule has 0 aliphatic rings. The van der Waals surface area contributed by atoms with E-state index in [2.05, 4.69) is 22.2 Å². The highest BCUT2D eigenvalue weighted by molar-refractivity contribution is 7.14. The lowest BCUT2D eigenvalue weighted by molar-refractivity contribution is 0.305. The lowest BCUT2D eigenvalue weighted by Crippen LogP contribution is -1.97. The highest BCUT2D eigenvalue weighted by Gasteiger charge is 2.05. The van der Waals surface area contributed by atoms with E-state index in [4.69, 9.17) is 4.74 Å². The second kappa shape index (κ2) is 9.18. The zero-order valence-corrected chi connectivity index (χ0v) is 15.3. The molecule has 0 spiro atoms. The van der Waals surface area contributed by atoms with Crippen LogP contribution < -0.4 is 10.1 Å². The molecule has 4 nitrogen and oxygen atoms in total. The molecule has 0 unspecified atom stereocenters. The predicted octanol–water partition coefficient (Wildman–Crippen LogP) is 5.91. The first-order valence-corrected chi connectivity index (χ1v) is 9.59. The first-order chi connectivity index (χ1) is 12.3. The Labute approximate surface area is 152 Å². The van der Waals surface area contributed by atoms with Gasteiger partial charge in [-0.05, 0) is 42.8 Å². The van der Waals surface area contributed by atoms with Crippen molar-refractivity contribution in [1.82, 2.24) is 9.97 Å². The van der Waals surface area contributed by atoms with E-state index in [0.29, 0.717) is 0 Å². The summed E-state index contributed by atoms with van der Waals surface area (Å²) in [6.45, 7) is 3.00. The number of rotatable bonds is 9. The van der Waals surface area contributed by atoms with Crippen molar-refractivity contribution in [2.75, 3.05) is 11.9 Å². The summed E-state index contributed by atoms with van der Waals surface area (Å²) in [5.74, 6) is 0.914. The lowest BCUT2D eigenvalue weighted by Gasteiger charge is -2.07. The van der Waals surface area contributed by atoms with Crippen molar-refractivity contribution < 1.29 is 4.74 Å². The number of benzene rings is 1. The Morgan fingerprint density at radius 3 is 2.72 bits per heavy atom. The summed E-state index contributed by atoms with van der Waals surface area (Å²) in [7, 11) is 0. The molecule has 2 aromatic heterocycles. The maximum atomic E-state index is 5.77. The molecule has 3 rings (SSSR count). The molecule has 130 valence electrons. The zero-order chi connectivity index (χ0) is 17.3. The van der Waals surface area contributed by atoms with Crippen LogP contribution in [0.4, 0.5) is 10.8 Å². The standard InChI is InChI=1S/C20H23N3OS/c1-2-3-4-5-13-24-18-10-8-17(9-11-18)22-20-23-19(15-25-20)16-7-6-12-21-14-16/h6-12,14-15H,2-5,13H2,1H3,(H,22,23). The number of pyridine rings is 1. The van der Waals surface area contributed by atoms with Gasteiger partial charge in [0.1, 0.15) is 5.75 Å². The van der Waals surface area contributed by atoms with Crippen LogP contribution in [0.2, 0.25) is 0 Å². The quantitative estimate of drug-likeness (QED) is 0.486. The van der Waals surface area contributed by atoms with Crippen LogP contribution in [0, 0.1) is 0 Å². The first kappa shape index (κ1) is 17.4. The van der Waals surface area contributed by atoms with Crippen LogP contribution in [0.1, 0.15) is 32.6 Å². The van der Waals surface area contributed by atoms with Crippen molar-refractivity contribution in [2.24, 2.45) is 0 Å². The van der Waals surface area contributed by atoms with Crippen molar-refractivity contribution in [3.8, 4) is 17.0 Å². The van der Waals surface area contributed by atoms with Crippen LogP contribution in [0.3, 0.4) is 0 Å². The van der Waals surface area contributed by atoms with Crippen molar-refractivity contribution in [1.29, 1.82) is 0 Å². The van der Waals surface area contributed by atoms with Gasteiger partial charge in [-0.1, -0.05) is 26.2 Å². The van der Waals surface area contributed by atoms with E-state index in [1.165, 1.54) is 19.3 Å². The molecular weight excluding hydrogens is 330 g/mol. The molecule has 1 aromatic carbocycles. The van der Waals surface area contributed by atoms with E-state index in [9.17, 15) is 0 Å². The average molecular weight is 353 g/mol. The first-order valence-electron chi connectivity index (χ1n) is 8.71. The zero-order valence-electron chi connectivity index (χ0n) is 14.4. The van der Waals surface area contributed by atoms with Gasteiger partial charge in [-0.15, -0.1) is 11.3 Å². The molecular formula is C20H23N3OS. The van der Waals surface area contributed by atoms with E-state index in [0.717, 1.165) is 40.9 Å². The fraction of sp³-hybridized carbons (Fsp3) is 0.300. The van der Waals surface area contributed by atoms with E-state index >= 15 is 0 Å². The van der Waals surface area contributed by atoms with Gasteiger partial charge in [-0.25, -0.2) is 4.98 Å². The Morgan fingerprint density at radius 2 is 1.96 bits per heavy atom. The normalized spacial score (nSPS) is 10.6. The summed E-state index contributed by atoms with van der Waals surface area (Å²) >= 11 is 1.58. The van der Waals surface area contributed by atoms with E-state index < -0.39 is 0 Å². The highest BCUT2D eigenvalue weighted by atomic mass is 32.1. The molecule has 25 heavy (non-hydrogen) atoms. The molecule has 0 atom stereocenters. The molecule has 0 radical (unpaired) electrons. The summed E-state index contributed by atoms with van der Waals surface area (Å²) in [6.07, 6.45) is 8.47. The maximum absolute atomic E-state index is 5.77. The number of aromatic nitrogens is 2. The van der Waals surface area contributed by atoms with E-state index in [-0.39, 0.29) is 0 Å². The average Bonchev–Trinajstić information content (AvgIpc) is 3.12. The molecule has 0 aliphatic carbocycles. The minimum Gasteiger partial charge on any atom is -0.494 e. The Kier molecular flexibility index (Phi) is 6.40. The number of hydrogen-bond acceptors (Lipinski definition) is 5. The SMILES string of the molecule is CCCCCCOc1ccc(Nc2nc(-c3cccnc3)cs2)cc1. The van der Waals surface area contributed by atoms with Gasteiger partial charge in [0.2, 0.25) is 0 Å². The molecule has 0 saturated heterocycles. The smallest absolute Gasteiger partial charge is 0.187 e. The summed E-state index contributed by atoms with van der Waals surface area (Å²) in [5, 5.41) is 6.24. The monoisotopic (exact) mass is 353 g/mol. The molecule has 2 heterocycles. The molecule has 5 heteroatoms. The van der Waals surface area contributed by atoms with Gasteiger partial charge < -0.3 is 10.1 Å². The highest BCUT2D eigenvalue weighted by Crippen LogP contribution is 2.27. The number of hydrogen-bond donors (Lipinski definition) is 1. The van der Waals surface area contributed by atoms with Crippen molar-refractivity contribution in [3.63, 3.8) is 0 Å². The number of thiazole rings is 1. The van der Waals surface area contributed by atoms with Crippen molar-refractivity contribution >= 4 is 22.2 Å². The summed E-state index contributed by atoms with van der Waals surface area (Å²) in [6, 6.07) is 12.0. The lowest BCUT2D eigenvalue weighted by atomic mass is 10.2. The third-order valence-electron chi connectivity index (χ3n) is 3.83. The van der Waals surface area contributed by atoms with Gasteiger partial charge >= 0.3 is 0 Å². The molecule has 0 aliphatic heterocycles. The molecule has 0 fully saturated rings. The summed E-state index contributed by atoms with van der Waals surface area (Å²) in [4.78, 5) is 8.75. The molecule has 0 saturated carbocycles. The molecule has 1 N–H and O–H groups in total. The molecule has 0 amide bonds. The minimum atomic E-state index is 0.785.